The molecule has 0 spiro atoms. The molecule has 90 heavy (non-hydrogen) atoms. The molecule has 4 aromatic rings. The second-order valence-corrected chi connectivity index (χ2v) is 25.1. The van der Waals surface area contributed by atoms with E-state index in [1.54, 1.807) is 7.11 Å². The van der Waals surface area contributed by atoms with E-state index in [0.717, 1.165) is 60.8 Å². The number of methoxy groups -OCH3 is 1. The first-order valence-electron chi connectivity index (χ1n) is 35.0. The van der Waals surface area contributed by atoms with Gasteiger partial charge in [0.1, 0.15) is 42.4 Å². The average molecular weight is 1250 g/mol. The minimum Gasteiger partial charge on any atom is -0.497 e. The van der Waals surface area contributed by atoms with E-state index in [4.69, 9.17) is 47.4 Å². The monoisotopic (exact) mass is 1250 g/mol. The third-order valence-electron chi connectivity index (χ3n) is 17.7. The van der Waals surface area contributed by atoms with Crippen molar-refractivity contribution < 1.29 is 67.2 Å². The van der Waals surface area contributed by atoms with Crippen molar-refractivity contribution in [1.82, 2.24) is 0 Å². The number of carbonyl (C=O) groups is 2. The normalized spacial score (nSPS) is 22.1. The van der Waals surface area contributed by atoms with Crippen molar-refractivity contribution >= 4 is 11.9 Å². The molecule has 2 aliphatic heterocycles. The number of unbranched alkanes of at least 4 members (excludes halogenated alkanes) is 25. The van der Waals surface area contributed by atoms with Crippen molar-refractivity contribution in [2.75, 3.05) is 20.3 Å². The van der Waals surface area contributed by atoms with Gasteiger partial charge in [-0.1, -0.05) is 291 Å². The summed E-state index contributed by atoms with van der Waals surface area (Å²) in [5, 5.41) is 22.6. The lowest BCUT2D eigenvalue weighted by molar-refractivity contribution is -0.388. The Morgan fingerprint density at radius 2 is 0.767 bits per heavy atom. The van der Waals surface area contributed by atoms with Gasteiger partial charge >= 0.3 is 11.9 Å². The van der Waals surface area contributed by atoms with E-state index in [-0.39, 0.29) is 32.8 Å². The first kappa shape index (κ1) is 74.3. The third-order valence-corrected chi connectivity index (χ3v) is 17.7. The highest BCUT2D eigenvalue weighted by molar-refractivity contribution is 5.72. The van der Waals surface area contributed by atoms with Gasteiger partial charge in [0.2, 0.25) is 6.29 Å². The Morgan fingerprint density at radius 1 is 0.411 bits per heavy atom. The van der Waals surface area contributed by atoms with Gasteiger partial charge in [0, 0.05) is 6.42 Å². The van der Waals surface area contributed by atoms with Crippen LogP contribution >= 0.6 is 0 Å². The van der Waals surface area contributed by atoms with Gasteiger partial charge in [-0.25, -0.2) is 0 Å². The summed E-state index contributed by atoms with van der Waals surface area (Å²) < 4.78 is 66.4. The zero-order chi connectivity index (χ0) is 63.6. The maximum atomic E-state index is 14.7. The molecular weight excluding hydrogens is 1140 g/mol. The van der Waals surface area contributed by atoms with Gasteiger partial charge in [-0.05, 0) is 47.2 Å². The minimum absolute atomic E-state index is 0.0629. The van der Waals surface area contributed by atoms with Crippen LogP contribution < -0.4 is 4.74 Å². The highest BCUT2D eigenvalue weighted by atomic mass is 16.8. The summed E-state index contributed by atoms with van der Waals surface area (Å²) in [6.07, 6.45) is 21.1. The molecule has 2 heterocycles. The fourth-order valence-electron chi connectivity index (χ4n) is 12.2. The maximum absolute atomic E-state index is 14.7. The molecule has 0 aliphatic carbocycles. The Bertz CT molecular complexity index is 2410. The third kappa shape index (κ3) is 27.8. The number of aliphatic hydroxyl groups excluding tert-OH is 2. The predicted molar refractivity (Wildman–Crippen MR) is 353 cm³/mol. The SMILES string of the molecule is CCCCCCCCCCCCCCCC[C@H](C)C(=O)O[C@@H]1[C@@H](OC(=O)CCCCCCCCCCCCCCC)[C@@H](O[C@H]2O[C@H](CO)[C@@H](OCc3ccccc3)[C@H](OCc3ccccc3)[C@H]2OCc2ccc(OC)cc2)O[C@H](CO)[C@H]1OCc1ccccc1. The van der Waals surface area contributed by atoms with Gasteiger partial charge in [0.15, 0.2) is 18.5 Å². The summed E-state index contributed by atoms with van der Waals surface area (Å²) in [4.78, 5) is 29.2. The Balaban J connectivity index is 1.25. The highest BCUT2D eigenvalue weighted by Gasteiger charge is 2.56. The second kappa shape index (κ2) is 45.5. The van der Waals surface area contributed by atoms with Crippen LogP contribution in [0.5, 0.6) is 5.75 Å². The first-order valence-corrected chi connectivity index (χ1v) is 35.0. The van der Waals surface area contributed by atoms with Crippen molar-refractivity contribution in [3.05, 3.63) is 138 Å². The number of hydrogen-bond acceptors (Lipinski definition) is 14. The Hall–Kier alpha value is -4.74. The van der Waals surface area contributed by atoms with Crippen molar-refractivity contribution in [3.63, 3.8) is 0 Å². The van der Waals surface area contributed by atoms with Crippen molar-refractivity contribution in [1.29, 1.82) is 0 Å². The van der Waals surface area contributed by atoms with Gasteiger partial charge < -0.3 is 57.6 Å². The van der Waals surface area contributed by atoms with E-state index in [0.29, 0.717) is 18.6 Å². The molecule has 11 atom stereocenters. The van der Waals surface area contributed by atoms with Crippen LogP contribution in [0.25, 0.3) is 0 Å². The molecule has 14 nitrogen and oxygen atoms in total. The molecule has 2 saturated heterocycles. The Kier molecular flexibility index (Phi) is 37.6. The fraction of sp³-hybridized carbons (Fsp3) is 0.658. The zero-order valence-electron chi connectivity index (χ0n) is 55.4. The van der Waals surface area contributed by atoms with Crippen LogP contribution in [-0.2, 0) is 78.6 Å². The molecular formula is C76H114O14. The van der Waals surface area contributed by atoms with Gasteiger partial charge in [-0.2, -0.15) is 0 Å². The number of carbonyl (C=O) groups excluding carboxylic acids is 2. The van der Waals surface area contributed by atoms with E-state index in [9.17, 15) is 19.8 Å². The molecule has 0 radical (unpaired) electrons. The predicted octanol–water partition coefficient (Wildman–Crippen LogP) is 16.6. The summed E-state index contributed by atoms with van der Waals surface area (Å²) in [6, 6.07) is 36.5. The van der Waals surface area contributed by atoms with Crippen LogP contribution in [0.3, 0.4) is 0 Å². The number of rotatable bonds is 49. The van der Waals surface area contributed by atoms with E-state index >= 15 is 0 Å². The molecule has 4 aromatic carbocycles. The molecule has 502 valence electrons. The summed E-state index contributed by atoms with van der Waals surface area (Å²) in [5.74, 6) is -0.837. The lowest BCUT2D eigenvalue weighted by atomic mass is 9.96. The van der Waals surface area contributed by atoms with Crippen LogP contribution in [0.4, 0.5) is 0 Å². The topological polar surface area (TPSA) is 167 Å². The summed E-state index contributed by atoms with van der Waals surface area (Å²) >= 11 is 0. The maximum Gasteiger partial charge on any atom is 0.309 e. The largest absolute Gasteiger partial charge is 0.497 e. The van der Waals surface area contributed by atoms with Crippen LogP contribution in [0.2, 0.25) is 0 Å². The number of ether oxygens (including phenoxy) is 10. The number of hydrogen-bond donors (Lipinski definition) is 2. The van der Waals surface area contributed by atoms with E-state index in [1.165, 1.54) is 128 Å². The van der Waals surface area contributed by atoms with Gasteiger partial charge in [0.05, 0.1) is 52.7 Å². The van der Waals surface area contributed by atoms with Crippen LogP contribution in [0.15, 0.2) is 115 Å². The molecule has 0 saturated carbocycles. The summed E-state index contributed by atoms with van der Waals surface area (Å²) in [5.41, 5.74) is 3.44. The number of benzene rings is 4. The van der Waals surface area contributed by atoms with E-state index in [2.05, 4.69) is 13.8 Å². The van der Waals surface area contributed by atoms with Crippen LogP contribution in [0.1, 0.15) is 229 Å². The lowest BCUT2D eigenvalue weighted by Gasteiger charge is -2.49. The molecule has 2 fully saturated rings. The number of esters is 2. The smallest absolute Gasteiger partial charge is 0.309 e. The second-order valence-electron chi connectivity index (χ2n) is 25.1. The summed E-state index contributed by atoms with van der Waals surface area (Å²) in [6.45, 7) is 5.78. The molecule has 2 aliphatic rings. The average Bonchev–Trinajstić information content (AvgIpc) is 0.850. The molecule has 14 heteroatoms. The van der Waals surface area contributed by atoms with Crippen molar-refractivity contribution in [2.24, 2.45) is 5.92 Å². The fourth-order valence-corrected chi connectivity index (χ4v) is 12.2. The Labute approximate surface area is 541 Å². The van der Waals surface area contributed by atoms with Gasteiger partial charge in [-0.15, -0.1) is 0 Å². The van der Waals surface area contributed by atoms with Crippen LogP contribution in [0, 0.1) is 5.92 Å². The first-order chi connectivity index (χ1) is 44.2. The van der Waals surface area contributed by atoms with E-state index < -0.39 is 92.5 Å². The quantitative estimate of drug-likeness (QED) is 0.0317. The van der Waals surface area contributed by atoms with Crippen molar-refractivity contribution in [3.8, 4) is 5.75 Å². The minimum atomic E-state index is -1.53. The molecule has 6 rings (SSSR count). The highest BCUT2D eigenvalue weighted by Crippen LogP contribution is 2.37. The molecule has 0 unspecified atom stereocenters. The zero-order valence-corrected chi connectivity index (χ0v) is 55.4. The van der Waals surface area contributed by atoms with E-state index in [1.807, 2.05) is 122 Å². The van der Waals surface area contributed by atoms with Crippen LogP contribution in [-0.4, -0.2) is 104 Å². The van der Waals surface area contributed by atoms with Gasteiger partial charge in [0.25, 0.3) is 0 Å². The molecule has 0 aromatic heterocycles. The van der Waals surface area contributed by atoms with Crippen molar-refractivity contribution in [2.45, 2.75) is 295 Å². The lowest BCUT2D eigenvalue weighted by Crippen LogP contribution is -2.66. The summed E-state index contributed by atoms with van der Waals surface area (Å²) in [7, 11) is 1.61. The molecule has 0 amide bonds. The Morgan fingerprint density at radius 3 is 1.18 bits per heavy atom. The molecule has 0 bridgehead atoms. The van der Waals surface area contributed by atoms with Gasteiger partial charge in [-0.3, -0.25) is 9.59 Å². The number of aliphatic hydroxyl groups is 2. The molecule has 2 N–H and O–H groups in total. The standard InChI is InChI=1S/C76H114O14/c1-5-7-9-11-13-15-17-19-21-22-24-26-28-33-41-59(3)74(80)89-71-69(83-56-61-44-36-31-37-45-61)66(54-78)87-76(73(71)88-67(79)48-40-29-27-25-23-20-18-16-14-12-10-8-6-2)90-75-72(85-58-63-49-51-64(81-4)52-50-63)70(84-57-62-46-38-32-39-47-62)68(65(53-77)86-75)82-55-60-42-34-30-35-43-60/h30-32,34-39,42-47,49-52,59,65-66,68-73,75-78H,5-29,33,40-41,48,53-58H2,1-4H3/t59-,65+,66+,68+,69+,70-,71-,72+,73+,75+,76+/m0/s1.